The second kappa shape index (κ2) is 8.10. The van der Waals surface area contributed by atoms with Crippen LogP contribution in [0.5, 0.6) is 0 Å². The Kier molecular flexibility index (Phi) is 5.39. The van der Waals surface area contributed by atoms with Gasteiger partial charge in [0.2, 0.25) is 5.95 Å². The molecule has 3 heterocycles. The van der Waals surface area contributed by atoms with Crippen LogP contribution in [0.4, 0.5) is 11.6 Å². The van der Waals surface area contributed by atoms with Crippen molar-refractivity contribution >= 4 is 11.6 Å². The van der Waals surface area contributed by atoms with Gasteiger partial charge in [0.15, 0.2) is 0 Å². The SMILES string of the molecule is Cc1ncc(C2CCCN2CC(C)C)cc1Nc1ncn(-c2ccccc2)n1. The number of hydrogen-bond donors (Lipinski definition) is 1. The molecule has 0 spiro atoms. The van der Waals surface area contributed by atoms with Gasteiger partial charge >= 0.3 is 0 Å². The molecule has 1 aliphatic heterocycles. The molecule has 146 valence electrons. The van der Waals surface area contributed by atoms with Crippen molar-refractivity contribution in [3.63, 3.8) is 0 Å². The number of aryl methyl sites for hydroxylation is 1. The molecule has 1 fully saturated rings. The maximum atomic E-state index is 4.65. The van der Waals surface area contributed by atoms with E-state index in [1.165, 1.54) is 24.9 Å². The van der Waals surface area contributed by atoms with Crippen LogP contribution in [-0.2, 0) is 0 Å². The number of likely N-dealkylation sites (tertiary alicyclic amines) is 1. The fourth-order valence-corrected chi connectivity index (χ4v) is 3.90. The predicted octanol–water partition coefficient (Wildman–Crippen LogP) is 4.51. The van der Waals surface area contributed by atoms with Crippen molar-refractivity contribution in [2.24, 2.45) is 5.92 Å². The average molecular weight is 377 g/mol. The molecule has 1 aromatic carbocycles. The number of nitrogens with zero attached hydrogens (tertiary/aromatic N) is 5. The Hall–Kier alpha value is -2.73. The third kappa shape index (κ3) is 4.07. The molecule has 1 N–H and O–H groups in total. The third-order valence-corrected chi connectivity index (χ3v) is 5.22. The Morgan fingerprint density at radius 1 is 1.18 bits per heavy atom. The van der Waals surface area contributed by atoms with Gasteiger partial charge in [-0.25, -0.2) is 4.68 Å². The Bertz CT molecular complexity index is 918. The number of pyridine rings is 1. The first kappa shape index (κ1) is 18.6. The van der Waals surface area contributed by atoms with E-state index >= 15 is 0 Å². The first-order valence-electron chi connectivity index (χ1n) is 10.0. The fourth-order valence-electron chi connectivity index (χ4n) is 3.90. The molecule has 0 amide bonds. The first-order valence-corrected chi connectivity index (χ1v) is 10.0. The van der Waals surface area contributed by atoms with Crippen molar-refractivity contribution in [2.75, 3.05) is 18.4 Å². The molecule has 6 nitrogen and oxygen atoms in total. The summed E-state index contributed by atoms with van der Waals surface area (Å²) in [6.07, 6.45) is 6.19. The molecule has 1 unspecified atom stereocenters. The molecule has 0 saturated carbocycles. The van der Waals surface area contributed by atoms with Gasteiger partial charge in [-0.15, -0.1) is 5.10 Å². The quantitative estimate of drug-likeness (QED) is 0.686. The molecule has 0 aliphatic carbocycles. The van der Waals surface area contributed by atoms with Crippen molar-refractivity contribution in [2.45, 2.75) is 39.7 Å². The van der Waals surface area contributed by atoms with Crippen LogP contribution in [0.3, 0.4) is 0 Å². The zero-order valence-electron chi connectivity index (χ0n) is 16.8. The van der Waals surface area contributed by atoms with Crippen LogP contribution in [-0.4, -0.2) is 37.7 Å². The Labute approximate surface area is 166 Å². The van der Waals surface area contributed by atoms with Crippen LogP contribution in [0.25, 0.3) is 5.69 Å². The third-order valence-electron chi connectivity index (χ3n) is 5.22. The van der Waals surface area contributed by atoms with E-state index in [4.69, 9.17) is 0 Å². The topological polar surface area (TPSA) is 58.9 Å². The Balaban J connectivity index is 1.54. The lowest BCUT2D eigenvalue weighted by Crippen LogP contribution is -2.27. The van der Waals surface area contributed by atoms with E-state index in [1.807, 2.05) is 43.5 Å². The number of aromatic nitrogens is 4. The van der Waals surface area contributed by atoms with Crippen molar-refractivity contribution in [1.82, 2.24) is 24.6 Å². The Morgan fingerprint density at radius 2 is 2.00 bits per heavy atom. The maximum Gasteiger partial charge on any atom is 0.247 e. The number of rotatable bonds is 6. The van der Waals surface area contributed by atoms with Crippen molar-refractivity contribution in [1.29, 1.82) is 0 Å². The zero-order valence-corrected chi connectivity index (χ0v) is 16.8. The van der Waals surface area contributed by atoms with E-state index in [-0.39, 0.29) is 0 Å². The minimum absolute atomic E-state index is 0.450. The van der Waals surface area contributed by atoms with E-state index in [1.54, 1.807) is 11.0 Å². The zero-order chi connectivity index (χ0) is 19.5. The molecule has 0 bridgehead atoms. The summed E-state index contributed by atoms with van der Waals surface area (Å²) in [5.74, 6) is 1.25. The molecule has 1 atom stereocenters. The maximum absolute atomic E-state index is 4.65. The van der Waals surface area contributed by atoms with E-state index in [2.05, 4.69) is 45.2 Å². The van der Waals surface area contributed by atoms with Crippen molar-refractivity contribution in [3.8, 4) is 5.69 Å². The number of hydrogen-bond acceptors (Lipinski definition) is 5. The van der Waals surface area contributed by atoms with E-state index in [0.717, 1.165) is 23.6 Å². The summed E-state index contributed by atoms with van der Waals surface area (Å²) in [5, 5.41) is 7.91. The van der Waals surface area contributed by atoms with Gasteiger partial charge in [0.05, 0.1) is 17.1 Å². The van der Waals surface area contributed by atoms with Gasteiger partial charge in [0.25, 0.3) is 0 Å². The Morgan fingerprint density at radius 3 is 2.79 bits per heavy atom. The highest BCUT2D eigenvalue weighted by atomic mass is 15.4. The van der Waals surface area contributed by atoms with Gasteiger partial charge in [0.1, 0.15) is 6.33 Å². The van der Waals surface area contributed by atoms with Crippen LogP contribution in [0.2, 0.25) is 0 Å². The molecule has 6 heteroatoms. The second-order valence-electron chi connectivity index (χ2n) is 7.92. The number of nitrogens with one attached hydrogen (secondary N) is 1. The van der Waals surface area contributed by atoms with Gasteiger partial charge < -0.3 is 5.32 Å². The lowest BCUT2D eigenvalue weighted by molar-refractivity contribution is 0.228. The predicted molar refractivity (Wildman–Crippen MR) is 112 cm³/mol. The first-order chi connectivity index (χ1) is 13.6. The van der Waals surface area contributed by atoms with Crippen LogP contribution >= 0.6 is 0 Å². The highest BCUT2D eigenvalue weighted by Gasteiger charge is 2.27. The fraction of sp³-hybridized carbons (Fsp3) is 0.409. The molecule has 0 radical (unpaired) electrons. The highest BCUT2D eigenvalue weighted by Crippen LogP contribution is 2.34. The summed E-state index contributed by atoms with van der Waals surface area (Å²) in [5.41, 5.74) is 4.18. The average Bonchev–Trinajstić information content (AvgIpc) is 3.33. The van der Waals surface area contributed by atoms with Gasteiger partial charge in [-0.05, 0) is 56.0 Å². The number of benzene rings is 1. The lowest BCUT2D eigenvalue weighted by Gasteiger charge is -2.26. The summed E-state index contributed by atoms with van der Waals surface area (Å²) in [6, 6.07) is 12.7. The van der Waals surface area contributed by atoms with E-state index in [9.17, 15) is 0 Å². The summed E-state index contributed by atoms with van der Waals surface area (Å²) >= 11 is 0. The summed E-state index contributed by atoms with van der Waals surface area (Å²) in [7, 11) is 0. The van der Waals surface area contributed by atoms with Gasteiger partial charge in [-0.3, -0.25) is 9.88 Å². The molecule has 2 aromatic heterocycles. The van der Waals surface area contributed by atoms with Crippen LogP contribution < -0.4 is 5.32 Å². The molecule has 4 rings (SSSR count). The summed E-state index contributed by atoms with van der Waals surface area (Å²) in [6.45, 7) is 8.88. The lowest BCUT2D eigenvalue weighted by atomic mass is 10.0. The van der Waals surface area contributed by atoms with Crippen LogP contribution in [0, 0.1) is 12.8 Å². The number of para-hydroxylation sites is 1. The van der Waals surface area contributed by atoms with E-state index in [0.29, 0.717) is 17.9 Å². The van der Waals surface area contributed by atoms with E-state index < -0.39 is 0 Å². The van der Waals surface area contributed by atoms with Gasteiger partial charge in [-0.2, -0.15) is 4.98 Å². The van der Waals surface area contributed by atoms with Gasteiger partial charge in [-0.1, -0.05) is 32.0 Å². The van der Waals surface area contributed by atoms with Crippen molar-refractivity contribution < 1.29 is 0 Å². The summed E-state index contributed by atoms with van der Waals surface area (Å²) < 4.78 is 1.77. The molecule has 3 aromatic rings. The molecular formula is C22H28N6. The number of anilines is 2. The normalized spacial score (nSPS) is 17.4. The van der Waals surface area contributed by atoms with Crippen LogP contribution in [0.15, 0.2) is 48.9 Å². The smallest absolute Gasteiger partial charge is 0.247 e. The monoisotopic (exact) mass is 376 g/mol. The standard InChI is InChI=1S/C22H28N6/c1-16(2)14-27-11-7-10-21(27)18-12-20(17(3)23-13-18)25-22-24-15-28(26-22)19-8-5-4-6-9-19/h4-6,8-9,12-13,15-16,21H,7,10-11,14H2,1-3H3,(H,25,26). The second-order valence-corrected chi connectivity index (χ2v) is 7.92. The molecule has 28 heavy (non-hydrogen) atoms. The largest absolute Gasteiger partial charge is 0.321 e. The van der Waals surface area contributed by atoms with Gasteiger partial charge in [0, 0.05) is 18.8 Å². The molecule has 1 saturated heterocycles. The minimum atomic E-state index is 0.450. The van der Waals surface area contributed by atoms with Crippen LogP contribution in [0.1, 0.15) is 44.0 Å². The molecular weight excluding hydrogens is 348 g/mol. The minimum Gasteiger partial charge on any atom is -0.321 e. The summed E-state index contributed by atoms with van der Waals surface area (Å²) in [4.78, 5) is 11.6. The van der Waals surface area contributed by atoms with Crippen molar-refractivity contribution in [3.05, 3.63) is 60.2 Å². The molecule has 1 aliphatic rings. The highest BCUT2D eigenvalue weighted by molar-refractivity contribution is 5.57.